The van der Waals surface area contributed by atoms with E-state index >= 15 is 4.39 Å². The van der Waals surface area contributed by atoms with Crippen molar-refractivity contribution in [2.24, 2.45) is 11.3 Å². The summed E-state index contributed by atoms with van der Waals surface area (Å²) >= 11 is 0. The van der Waals surface area contributed by atoms with E-state index in [0.717, 1.165) is 83.7 Å². The number of amides is 2. The number of nitrogens with zero attached hydrogens (tertiary/aromatic N) is 2. The second-order valence-corrected chi connectivity index (χ2v) is 10.7. The van der Waals surface area contributed by atoms with Crippen molar-refractivity contribution in [3.8, 4) is 0 Å². The molecule has 6 nitrogen and oxygen atoms in total. The summed E-state index contributed by atoms with van der Waals surface area (Å²) < 4.78 is 15.1. The van der Waals surface area contributed by atoms with Gasteiger partial charge in [-0.3, -0.25) is 9.59 Å². The monoisotopic (exact) mass is 457 g/mol. The highest BCUT2D eigenvalue weighted by molar-refractivity contribution is 5.93. The van der Waals surface area contributed by atoms with Crippen molar-refractivity contribution >= 4 is 23.2 Å². The lowest BCUT2D eigenvalue weighted by Crippen LogP contribution is -2.50. The predicted octanol–water partition coefficient (Wildman–Crippen LogP) is 4.08. The standard InChI is InChI=1S/C26H36FN3O3/c27-22-16-19(28-24(32)18-4-1-2-5-18)6-11-23(22)29-14-3-12-26(17-29)13-15-30(25(26)33)20-7-9-21(31)10-8-20/h6,11,16,18,20-21,31H,1-5,7-10,12-15,17H2,(H,28,32)/t20-,21-,26-/m1/s1. The van der Waals surface area contributed by atoms with Gasteiger partial charge in [0.2, 0.25) is 11.8 Å². The Morgan fingerprint density at radius 1 is 1.03 bits per heavy atom. The number of halogens is 1. The number of anilines is 2. The van der Waals surface area contributed by atoms with Crippen LogP contribution in [0.4, 0.5) is 15.8 Å². The van der Waals surface area contributed by atoms with Gasteiger partial charge in [0.05, 0.1) is 17.2 Å². The smallest absolute Gasteiger partial charge is 0.230 e. The van der Waals surface area contributed by atoms with E-state index in [4.69, 9.17) is 0 Å². The number of rotatable bonds is 4. The average molecular weight is 458 g/mol. The molecular formula is C26H36FN3O3. The van der Waals surface area contributed by atoms with Gasteiger partial charge in [-0.15, -0.1) is 0 Å². The molecule has 4 fully saturated rings. The van der Waals surface area contributed by atoms with Crippen LogP contribution in [-0.2, 0) is 9.59 Å². The molecule has 2 amide bonds. The molecule has 7 heteroatoms. The molecule has 2 saturated carbocycles. The van der Waals surface area contributed by atoms with E-state index < -0.39 is 5.41 Å². The summed E-state index contributed by atoms with van der Waals surface area (Å²) in [4.78, 5) is 30.0. The topological polar surface area (TPSA) is 72.9 Å². The predicted molar refractivity (Wildman–Crippen MR) is 125 cm³/mol. The number of benzene rings is 1. The van der Waals surface area contributed by atoms with Crippen LogP contribution < -0.4 is 10.2 Å². The van der Waals surface area contributed by atoms with Gasteiger partial charge in [-0.2, -0.15) is 0 Å². The Hall–Kier alpha value is -2.15. The molecule has 2 heterocycles. The van der Waals surface area contributed by atoms with E-state index in [1.165, 1.54) is 6.07 Å². The minimum atomic E-state index is -0.434. The van der Waals surface area contributed by atoms with Crippen LogP contribution in [0.25, 0.3) is 0 Å². The number of piperidine rings is 1. The quantitative estimate of drug-likeness (QED) is 0.715. The molecular weight excluding hydrogens is 421 g/mol. The SMILES string of the molecule is O=C(Nc1ccc(N2CCC[C@@]3(CCN([C@H]4CC[C@H](O)CC4)C3=O)C2)c(F)c1)C1CCCC1. The molecule has 0 unspecified atom stereocenters. The first-order valence-electron chi connectivity index (χ1n) is 12.8. The van der Waals surface area contributed by atoms with Crippen LogP contribution in [0.5, 0.6) is 0 Å². The number of carbonyl (C=O) groups excluding carboxylic acids is 2. The number of likely N-dealkylation sites (tertiary alicyclic amines) is 1. The largest absolute Gasteiger partial charge is 0.393 e. The van der Waals surface area contributed by atoms with E-state index in [1.807, 2.05) is 9.80 Å². The van der Waals surface area contributed by atoms with Crippen molar-refractivity contribution in [1.82, 2.24) is 4.90 Å². The van der Waals surface area contributed by atoms with E-state index in [1.54, 1.807) is 12.1 Å². The summed E-state index contributed by atoms with van der Waals surface area (Å²) in [6.07, 6.45) is 9.57. The summed E-state index contributed by atoms with van der Waals surface area (Å²) in [5, 5.41) is 12.7. The lowest BCUT2D eigenvalue weighted by atomic mass is 9.78. The minimum absolute atomic E-state index is 0.0107. The number of aliphatic hydroxyl groups is 1. The molecule has 0 radical (unpaired) electrons. The summed E-state index contributed by atoms with van der Waals surface area (Å²) in [6, 6.07) is 5.18. The molecule has 1 spiro atoms. The fourth-order valence-corrected chi connectivity index (χ4v) is 6.56. The van der Waals surface area contributed by atoms with E-state index in [0.29, 0.717) is 17.9 Å². The van der Waals surface area contributed by atoms with Crippen LogP contribution in [0.1, 0.15) is 70.6 Å². The van der Waals surface area contributed by atoms with Gasteiger partial charge < -0.3 is 20.2 Å². The van der Waals surface area contributed by atoms with Gasteiger partial charge in [0.25, 0.3) is 0 Å². The molecule has 0 bridgehead atoms. The van der Waals surface area contributed by atoms with Crippen molar-refractivity contribution in [1.29, 1.82) is 0 Å². The molecule has 2 aliphatic carbocycles. The van der Waals surface area contributed by atoms with Gasteiger partial charge in [0.15, 0.2) is 0 Å². The molecule has 2 N–H and O–H groups in total. The second-order valence-electron chi connectivity index (χ2n) is 10.7. The van der Waals surface area contributed by atoms with Crippen LogP contribution in [-0.4, -0.2) is 53.6 Å². The Labute approximate surface area is 195 Å². The number of carbonyl (C=O) groups is 2. The van der Waals surface area contributed by atoms with Crippen LogP contribution in [0.3, 0.4) is 0 Å². The van der Waals surface area contributed by atoms with Crippen molar-refractivity contribution in [3.63, 3.8) is 0 Å². The molecule has 2 saturated heterocycles. The highest BCUT2D eigenvalue weighted by atomic mass is 19.1. The molecule has 4 aliphatic rings. The Morgan fingerprint density at radius 3 is 2.52 bits per heavy atom. The third kappa shape index (κ3) is 4.48. The minimum Gasteiger partial charge on any atom is -0.393 e. The molecule has 1 aromatic rings. The Bertz CT molecular complexity index is 895. The van der Waals surface area contributed by atoms with Gasteiger partial charge in [0, 0.05) is 37.3 Å². The highest BCUT2D eigenvalue weighted by Crippen LogP contribution is 2.44. The molecule has 0 aromatic heterocycles. The van der Waals surface area contributed by atoms with Crippen LogP contribution in [0.2, 0.25) is 0 Å². The van der Waals surface area contributed by atoms with Crippen LogP contribution >= 0.6 is 0 Å². The molecule has 5 rings (SSSR count). The second kappa shape index (κ2) is 9.24. The molecule has 180 valence electrons. The molecule has 33 heavy (non-hydrogen) atoms. The summed E-state index contributed by atoms with van der Waals surface area (Å²) in [5.41, 5.74) is 0.582. The first kappa shape index (κ1) is 22.6. The third-order valence-corrected chi connectivity index (χ3v) is 8.51. The van der Waals surface area contributed by atoms with Crippen LogP contribution in [0, 0.1) is 17.2 Å². The number of nitrogens with one attached hydrogen (secondary N) is 1. The maximum absolute atomic E-state index is 15.1. The molecule has 1 aromatic carbocycles. The van der Waals surface area contributed by atoms with Crippen molar-refractivity contribution < 1.29 is 19.1 Å². The lowest BCUT2D eigenvalue weighted by Gasteiger charge is -2.41. The van der Waals surface area contributed by atoms with Crippen molar-refractivity contribution in [2.75, 3.05) is 29.9 Å². The highest BCUT2D eigenvalue weighted by Gasteiger charge is 2.50. The Kier molecular flexibility index (Phi) is 6.34. The number of hydrogen-bond acceptors (Lipinski definition) is 4. The fourth-order valence-electron chi connectivity index (χ4n) is 6.56. The van der Waals surface area contributed by atoms with Crippen molar-refractivity contribution in [2.45, 2.75) is 82.8 Å². The van der Waals surface area contributed by atoms with Gasteiger partial charge in [-0.1, -0.05) is 12.8 Å². The van der Waals surface area contributed by atoms with Gasteiger partial charge in [-0.25, -0.2) is 4.39 Å². The zero-order valence-corrected chi connectivity index (χ0v) is 19.4. The molecule has 1 atom stereocenters. The number of aliphatic hydroxyl groups excluding tert-OH is 1. The normalized spacial score (nSPS) is 30.9. The zero-order chi connectivity index (χ0) is 23.0. The average Bonchev–Trinajstić information content (AvgIpc) is 3.45. The summed E-state index contributed by atoms with van der Waals surface area (Å²) in [5.74, 6) is -0.101. The fraction of sp³-hybridized carbons (Fsp3) is 0.692. The van der Waals surface area contributed by atoms with E-state index in [2.05, 4.69) is 5.32 Å². The summed E-state index contributed by atoms with van der Waals surface area (Å²) in [6.45, 7) is 2.04. The van der Waals surface area contributed by atoms with Gasteiger partial charge in [0.1, 0.15) is 5.82 Å². The zero-order valence-electron chi connectivity index (χ0n) is 19.4. The van der Waals surface area contributed by atoms with E-state index in [-0.39, 0.29) is 35.7 Å². The summed E-state index contributed by atoms with van der Waals surface area (Å²) in [7, 11) is 0. The maximum atomic E-state index is 15.1. The Morgan fingerprint density at radius 2 is 1.79 bits per heavy atom. The Balaban J connectivity index is 1.26. The van der Waals surface area contributed by atoms with Gasteiger partial charge in [-0.05, 0) is 76.0 Å². The van der Waals surface area contributed by atoms with E-state index in [9.17, 15) is 14.7 Å². The third-order valence-electron chi connectivity index (χ3n) is 8.51. The molecule has 2 aliphatic heterocycles. The lowest BCUT2D eigenvalue weighted by molar-refractivity contribution is -0.139. The first-order valence-corrected chi connectivity index (χ1v) is 12.8. The van der Waals surface area contributed by atoms with Gasteiger partial charge >= 0.3 is 0 Å². The maximum Gasteiger partial charge on any atom is 0.230 e. The number of hydrogen-bond donors (Lipinski definition) is 2. The first-order chi connectivity index (χ1) is 15.9. The van der Waals surface area contributed by atoms with Crippen molar-refractivity contribution in [3.05, 3.63) is 24.0 Å². The van der Waals surface area contributed by atoms with Crippen LogP contribution in [0.15, 0.2) is 18.2 Å².